The number of benzene rings is 4. The molecule has 118 valence electrons. The molecule has 0 aliphatic carbocycles. The van der Waals surface area contributed by atoms with Gasteiger partial charge in [0.25, 0.3) is 0 Å². The average Bonchev–Trinajstić information content (AvgIpc) is 2.69. The van der Waals surface area contributed by atoms with E-state index in [-0.39, 0.29) is 0 Å². The van der Waals surface area contributed by atoms with Crippen molar-refractivity contribution in [2.45, 2.75) is 0 Å². The second-order valence-corrected chi connectivity index (χ2v) is 5.86. The van der Waals surface area contributed by atoms with Crippen molar-refractivity contribution in [1.82, 2.24) is 0 Å². The lowest BCUT2D eigenvalue weighted by Gasteiger charge is -2.26. The minimum atomic E-state index is 0.899. The van der Waals surface area contributed by atoms with Crippen LogP contribution < -0.4 is 4.90 Å². The molecule has 0 fully saturated rings. The molecule has 1 heteroatoms. The van der Waals surface area contributed by atoms with Gasteiger partial charge in [-0.25, -0.2) is 0 Å². The molecule has 0 radical (unpaired) electrons. The highest BCUT2D eigenvalue weighted by Gasteiger charge is 2.14. The molecule has 25 heavy (non-hydrogen) atoms. The summed E-state index contributed by atoms with van der Waals surface area (Å²) in [5.74, 6) is 2.72. The molecular formula is C24H17N. The van der Waals surface area contributed by atoms with E-state index in [1.54, 1.807) is 0 Å². The maximum atomic E-state index is 5.56. The van der Waals surface area contributed by atoms with E-state index in [2.05, 4.69) is 89.7 Å². The van der Waals surface area contributed by atoms with E-state index in [0.29, 0.717) is 0 Å². The molecule has 1 nitrogen and oxygen atoms in total. The highest BCUT2D eigenvalue weighted by atomic mass is 15.1. The molecule has 0 saturated carbocycles. The van der Waals surface area contributed by atoms with Crippen LogP contribution in [0.2, 0.25) is 0 Å². The van der Waals surface area contributed by atoms with Crippen molar-refractivity contribution in [3.05, 3.63) is 103 Å². The van der Waals surface area contributed by atoms with E-state index in [9.17, 15) is 0 Å². The second-order valence-electron chi connectivity index (χ2n) is 5.86. The van der Waals surface area contributed by atoms with Crippen LogP contribution in [0.15, 0.2) is 97.1 Å². The van der Waals surface area contributed by atoms with E-state index in [1.807, 2.05) is 18.2 Å². The number of nitrogens with zero attached hydrogens (tertiary/aromatic N) is 1. The average molecular weight is 319 g/mol. The van der Waals surface area contributed by atoms with Gasteiger partial charge in [0.2, 0.25) is 0 Å². The van der Waals surface area contributed by atoms with E-state index >= 15 is 0 Å². The summed E-state index contributed by atoms with van der Waals surface area (Å²) in [4.78, 5) is 2.28. The Kier molecular flexibility index (Phi) is 3.94. The molecule has 4 aromatic rings. The first-order valence-corrected chi connectivity index (χ1v) is 8.26. The van der Waals surface area contributed by atoms with Gasteiger partial charge >= 0.3 is 0 Å². The van der Waals surface area contributed by atoms with Crippen molar-refractivity contribution in [3.8, 4) is 12.3 Å². The zero-order valence-electron chi connectivity index (χ0n) is 13.8. The monoisotopic (exact) mass is 319 g/mol. The number of para-hydroxylation sites is 2. The predicted octanol–water partition coefficient (Wildman–Crippen LogP) is 6.29. The molecule has 0 bridgehead atoms. The Labute approximate surface area is 148 Å². The first-order valence-electron chi connectivity index (χ1n) is 8.26. The van der Waals surface area contributed by atoms with Crippen LogP contribution in [0.5, 0.6) is 0 Å². The molecule has 0 aliphatic heterocycles. The highest BCUT2D eigenvalue weighted by molar-refractivity contribution is 5.99. The molecule has 0 spiro atoms. The Bertz CT molecular complexity index is 1000. The van der Waals surface area contributed by atoms with Crippen molar-refractivity contribution < 1.29 is 0 Å². The lowest BCUT2D eigenvalue weighted by molar-refractivity contribution is 1.30. The summed E-state index contributed by atoms with van der Waals surface area (Å²) in [5.41, 5.74) is 4.29. The molecule has 4 aromatic carbocycles. The van der Waals surface area contributed by atoms with E-state index in [4.69, 9.17) is 6.42 Å². The Hall–Kier alpha value is -3.50. The van der Waals surface area contributed by atoms with Crippen molar-refractivity contribution in [2.75, 3.05) is 4.90 Å². The fraction of sp³-hybridized carbons (Fsp3) is 0. The molecule has 0 atom stereocenters. The smallest absolute Gasteiger partial charge is 0.0540 e. The minimum Gasteiger partial charge on any atom is -0.310 e. The SMILES string of the molecule is C#Cc1ccc2c(N(c3ccccc3)c3ccccc3)cccc2c1. The molecule has 4 rings (SSSR count). The fourth-order valence-corrected chi connectivity index (χ4v) is 3.13. The van der Waals surface area contributed by atoms with Gasteiger partial charge in [0.1, 0.15) is 0 Å². The Morgan fingerprint density at radius 2 is 1.28 bits per heavy atom. The largest absolute Gasteiger partial charge is 0.310 e. The van der Waals surface area contributed by atoms with Gasteiger partial charge in [-0.15, -0.1) is 6.42 Å². The van der Waals surface area contributed by atoms with Crippen molar-refractivity contribution in [1.29, 1.82) is 0 Å². The van der Waals surface area contributed by atoms with Crippen LogP contribution in [-0.2, 0) is 0 Å². The van der Waals surface area contributed by atoms with E-state index < -0.39 is 0 Å². The van der Waals surface area contributed by atoms with Gasteiger partial charge < -0.3 is 4.90 Å². The van der Waals surface area contributed by atoms with Gasteiger partial charge in [0.15, 0.2) is 0 Å². The lowest BCUT2D eigenvalue weighted by atomic mass is 10.0. The van der Waals surface area contributed by atoms with Crippen LogP contribution in [0.1, 0.15) is 5.56 Å². The zero-order chi connectivity index (χ0) is 17.1. The molecule has 0 unspecified atom stereocenters. The first kappa shape index (κ1) is 15.1. The van der Waals surface area contributed by atoms with Crippen molar-refractivity contribution >= 4 is 27.8 Å². The summed E-state index contributed by atoms with van der Waals surface area (Å²) in [5, 5.41) is 2.32. The Morgan fingerprint density at radius 1 is 0.640 bits per heavy atom. The molecule has 0 aliphatic rings. The van der Waals surface area contributed by atoms with Crippen LogP contribution in [-0.4, -0.2) is 0 Å². The third kappa shape index (κ3) is 2.86. The number of terminal acetylenes is 1. The molecule has 0 N–H and O–H groups in total. The predicted molar refractivity (Wildman–Crippen MR) is 107 cm³/mol. The molecule has 0 amide bonds. The van der Waals surface area contributed by atoms with Gasteiger partial charge in [0.05, 0.1) is 5.69 Å². The van der Waals surface area contributed by atoms with Gasteiger partial charge in [-0.05, 0) is 47.9 Å². The Morgan fingerprint density at radius 3 is 1.88 bits per heavy atom. The van der Waals surface area contributed by atoms with Crippen LogP contribution >= 0.6 is 0 Å². The standard InChI is InChI=1S/C24H17N/c1-2-19-16-17-23-20(18-19)10-9-15-24(23)25(21-11-5-3-6-12-21)22-13-7-4-8-14-22/h1,3-18H. The highest BCUT2D eigenvalue weighted by Crippen LogP contribution is 2.38. The van der Waals surface area contributed by atoms with Crippen molar-refractivity contribution in [2.24, 2.45) is 0 Å². The van der Waals surface area contributed by atoms with Gasteiger partial charge in [-0.3, -0.25) is 0 Å². The molecule has 0 aromatic heterocycles. The number of anilines is 3. The van der Waals surface area contributed by atoms with E-state index in [1.165, 1.54) is 5.39 Å². The minimum absolute atomic E-state index is 0.899. The van der Waals surface area contributed by atoms with Crippen LogP contribution in [0.4, 0.5) is 17.1 Å². The van der Waals surface area contributed by atoms with Gasteiger partial charge in [0, 0.05) is 22.3 Å². The maximum absolute atomic E-state index is 5.56. The molecular weight excluding hydrogens is 302 g/mol. The third-order valence-corrected chi connectivity index (χ3v) is 4.29. The quantitative estimate of drug-likeness (QED) is 0.401. The number of hydrogen-bond acceptors (Lipinski definition) is 1. The van der Waals surface area contributed by atoms with Crippen LogP contribution in [0.3, 0.4) is 0 Å². The van der Waals surface area contributed by atoms with Gasteiger partial charge in [-0.1, -0.05) is 60.5 Å². The van der Waals surface area contributed by atoms with Crippen molar-refractivity contribution in [3.63, 3.8) is 0 Å². The summed E-state index contributed by atoms with van der Waals surface area (Å²) in [6, 6.07) is 33.3. The third-order valence-electron chi connectivity index (χ3n) is 4.29. The van der Waals surface area contributed by atoms with E-state index in [0.717, 1.165) is 28.0 Å². The number of hydrogen-bond donors (Lipinski definition) is 0. The lowest BCUT2D eigenvalue weighted by Crippen LogP contribution is -2.10. The summed E-state index contributed by atoms with van der Waals surface area (Å²) >= 11 is 0. The number of fused-ring (bicyclic) bond motifs is 1. The zero-order valence-corrected chi connectivity index (χ0v) is 13.8. The normalized spacial score (nSPS) is 10.4. The Balaban J connectivity index is 1.97. The van der Waals surface area contributed by atoms with Crippen LogP contribution in [0.25, 0.3) is 10.8 Å². The molecule has 0 heterocycles. The summed E-state index contributed by atoms with van der Waals surface area (Å²) in [6.07, 6.45) is 5.56. The second kappa shape index (κ2) is 6.55. The first-order chi connectivity index (χ1) is 12.4. The summed E-state index contributed by atoms with van der Waals surface area (Å²) < 4.78 is 0. The topological polar surface area (TPSA) is 3.24 Å². The maximum Gasteiger partial charge on any atom is 0.0540 e. The molecule has 0 saturated heterocycles. The summed E-state index contributed by atoms with van der Waals surface area (Å²) in [7, 11) is 0. The summed E-state index contributed by atoms with van der Waals surface area (Å²) in [6.45, 7) is 0. The van der Waals surface area contributed by atoms with Crippen LogP contribution in [0, 0.1) is 12.3 Å². The fourth-order valence-electron chi connectivity index (χ4n) is 3.13. The number of rotatable bonds is 3. The van der Waals surface area contributed by atoms with Gasteiger partial charge in [-0.2, -0.15) is 0 Å².